The van der Waals surface area contributed by atoms with E-state index in [1.54, 1.807) is 6.92 Å². The standard InChI is InChI=1S/C11H12F3NO2S/c1-6-5-18-9(15-6)8(11(12,13)14)17-10(16)7-3-2-4-7/h5,7-8H,2-4H2,1H3/t8-/m0/s1. The number of halogens is 3. The Morgan fingerprint density at radius 1 is 1.56 bits per heavy atom. The normalized spacial score (nSPS) is 18.2. The zero-order valence-corrected chi connectivity index (χ0v) is 10.5. The van der Waals surface area contributed by atoms with E-state index >= 15 is 0 Å². The number of nitrogens with zero attached hydrogens (tertiary/aromatic N) is 1. The lowest BCUT2D eigenvalue weighted by Gasteiger charge is -2.26. The van der Waals surface area contributed by atoms with Gasteiger partial charge in [0, 0.05) is 11.1 Å². The maximum atomic E-state index is 12.9. The summed E-state index contributed by atoms with van der Waals surface area (Å²) in [6.07, 6.45) is -4.76. The highest BCUT2D eigenvalue weighted by atomic mass is 32.1. The number of ether oxygens (including phenoxy) is 1. The Morgan fingerprint density at radius 3 is 2.61 bits per heavy atom. The summed E-state index contributed by atoms with van der Waals surface area (Å²) >= 11 is 0.856. The van der Waals surface area contributed by atoms with E-state index in [0.717, 1.165) is 17.8 Å². The fourth-order valence-electron chi connectivity index (χ4n) is 1.61. The molecule has 3 nitrogen and oxygen atoms in total. The van der Waals surface area contributed by atoms with Gasteiger partial charge in [0.05, 0.1) is 5.92 Å². The minimum atomic E-state index is -4.62. The number of carbonyl (C=O) groups excluding carboxylic acids is 1. The van der Waals surface area contributed by atoms with Crippen LogP contribution in [0.5, 0.6) is 0 Å². The topological polar surface area (TPSA) is 39.2 Å². The van der Waals surface area contributed by atoms with Crippen molar-refractivity contribution in [2.45, 2.75) is 38.5 Å². The summed E-state index contributed by atoms with van der Waals surface area (Å²) in [5.41, 5.74) is 0.490. The van der Waals surface area contributed by atoms with Gasteiger partial charge in [0.15, 0.2) is 0 Å². The molecule has 1 aromatic heterocycles. The molecule has 0 amide bonds. The Labute approximate surface area is 106 Å². The van der Waals surface area contributed by atoms with Gasteiger partial charge in [-0.25, -0.2) is 4.98 Å². The van der Waals surface area contributed by atoms with Crippen molar-refractivity contribution < 1.29 is 22.7 Å². The van der Waals surface area contributed by atoms with E-state index in [9.17, 15) is 18.0 Å². The number of esters is 1. The molecule has 0 saturated heterocycles. The van der Waals surface area contributed by atoms with Gasteiger partial charge in [-0.2, -0.15) is 13.2 Å². The number of aromatic nitrogens is 1. The predicted octanol–water partition coefficient (Wildman–Crippen LogP) is 3.40. The Balaban J connectivity index is 2.13. The van der Waals surface area contributed by atoms with Crippen LogP contribution < -0.4 is 0 Å². The average Bonchev–Trinajstić information content (AvgIpc) is 2.56. The van der Waals surface area contributed by atoms with Crippen molar-refractivity contribution in [2.75, 3.05) is 0 Å². The third-order valence-corrected chi connectivity index (χ3v) is 3.84. The SMILES string of the molecule is Cc1csc([C@H](OC(=O)C2CCC2)C(F)(F)F)n1. The van der Waals surface area contributed by atoms with Gasteiger partial charge in [0.1, 0.15) is 5.01 Å². The minimum absolute atomic E-state index is 0.215. The van der Waals surface area contributed by atoms with Crippen LogP contribution in [0.3, 0.4) is 0 Å². The van der Waals surface area contributed by atoms with Crippen LogP contribution in [0.1, 0.15) is 36.1 Å². The van der Waals surface area contributed by atoms with Gasteiger partial charge in [0.25, 0.3) is 0 Å². The minimum Gasteiger partial charge on any atom is -0.445 e. The molecular formula is C11H12F3NO2S. The van der Waals surface area contributed by atoms with Crippen molar-refractivity contribution in [3.8, 4) is 0 Å². The summed E-state index contributed by atoms with van der Waals surface area (Å²) in [6, 6.07) is 0. The Morgan fingerprint density at radius 2 is 2.22 bits per heavy atom. The number of hydrogen-bond acceptors (Lipinski definition) is 4. The zero-order chi connectivity index (χ0) is 13.3. The van der Waals surface area contributed by atoms with Gasteiger partial charge < -0.3 is 4.74 Å². The molecule has 1 saturated carbocycles. The zero-order valence-electron chi connectivity index (χ0n) is 9.66. The lowest BCUT2D eigenvalue weighted by molar-refractivity contribution is -0.227. The van der Waals surface area contributed by atoms with Gasteiger partial charge in [-0.05, 0) is 19.8 Å². The molecule has 100 valence electrons. The van der Waals surface area contributed by atoms with Crippen molar-refractivity contribution in [3.05, 3.63) is 16.1 Å². The maximum Gasteiger partial charge on any atom is 0.432 e. The maximum absolute atomic E-state index is 12.9. The van der Waals surface area contributed by atoms with Crippen molar-refractivity contribution in [1.82, 2.24) is 4.98 Å². The summed E-state index contributed by atoms with van der Waals surface area (Å²) in [4.78, 5) is 15.3. The van der Waals surface area contributed by atoms with Gasteiger partial charge >= 0.3 is 12.1 Å². The lowest BCUT2D eigenvalue weighted by atomic mass is 9.86. The van der Waals surface area contributed by atoms with Gasteiger partial charge in [-0.15, -0.1) is 11.3 Å². The molecule has 0 N–H and O–H groups in total. The summed E-state index contributed by atoms with van der Waals surface area (Å²) < 4.78 is 43.2. The summed E-state index contributed by atoms with van der Waals surface area (Å²) in [5.74, 6) is -1.15. The second-order valence-electron chi connectivity index (χ2n) is 4.31. The number of rotatable bonds is 3. The van der Waals surface area contributed by atoms with Crippen molar-refractivity contribution in [2.24, 2.45) is 5.92 Å². The molecule has 0 radical (unpaired) electrons. The van der Waals surface area contributed by atoms with E-state index in [0.29, 0.717) is 18.5 Å². The molecular weight excluding hydrogens is 267 g/mol. The van der Waals surface area contributed by atoms with Crippen molar-refractivity contribution in [3.63, 3.8) is 0 Å². The van der Waals surface area contributed by atoms with Crippen LogP contribution in [-0.2, 0) is 9.53 Å². The highest BCUT2D eigenvalue weighted by Gasteiger charge is 2.47. The number of alkyl halides is 3. The first kappa shape index (κ1) is 13.3. The van der Waals surface area contributed by atoms with Crippen LogP contribution in [-0.4, -0.2) is 17.1 Å². The molecule has 2 rings (SSSR count). The van der Waals surface area contributed by atoms with Crippen LogP contribution in [0.2, 0.25) is 0 Å². The molecule has 18 heavy (non-hydrogen) atoms. The molecule has 0 aromatic carbocycles. The summed E-state index contributed by atoms with van der Waals surface area (Å²) in [7, 11) is 0. The van der Waals surface area contributed by atoms with E-state index in [1.807, 2.05) is 0 Å². The molecule has 0 aliphatic heterocycles. The molecule has 1 aliphatic carbocycles. The van der Waals surface area contributed by atoms with E-state index in [4.69, 9.17) is 0 Å². The van der Waals surface area contributed by atoms with Gasteiger partial charge in [0.2, 0.25) is 6.10 Å². The predicted molar refractivity (Wildman–Crippen MR) is 59.1 cm³/mol. The third kappa shape index (κ3) is 2.82. The Kier molecular flexibility index (Phi) is 3.61. The highest BCUT2D eigenvalue weighted by molar-refractivity contribution is 7.09. The second kappa shape index (κ2) is 4.87. The number of hydrogen-bond donors (Lipinski definition) is 0. The van der Waals surface area contributed by atoms with E-state index in [2.05, 4.69) is 9.72 Å². The largest absolute Gasteiger partial charge is 0.445 e. The van der Waals surface area contributed by atoms with Gasteiger partial charge in [-0.3, -0.25) is 4.79 Å². The number of thiazole rings is 1. The molecule has 1 aliphatic rings. The van der Waals surface area contributed by atoms with Crippen LogP contribution in [0.4, 0.5) is 13.2 Å². The first-order valence-electron chi connectivity index (χ1n) is 5.57. The van der Waals surface area contributed by atoms with E-state index in [-0.39, 0.29) is 10.9 Å². The van der Waals surface area contributed by atoms with E-state index in [1.165, 1.54) is 5.38 Å². The van der Waals surface area contributed by atoms with Crippen LogP contribution in [0, 0.1) is 12.8 Å². The van der Waals surface area contributed by atoms with Gasteiger partial charge in [-0.1, -0.05) is 6.42 Å². The summed E-state index contributed by atoms with van der Waals surface area (Å²) in [6.45, 7) is 1.60. The molecule has 1 atom stereocenters. The average molecular weight is 279 g/mol. The summed E-state index contributed by atoms with van der Waals surface area (Å²) in [5, 5.41) is 1.29. The first-order valence-corrected chi connectivity index (χ1v) is 6.45. The van der Waals surface area contributed by atoms with Crippen LogP contribution in [0.25, 0.3) is 0 Å². The molecule has 7 heteroatoms. The number of carbonyl (C=O) groups is 1. The molecule has 1 fully saturated rings. The fraction of sp³-hybridized carbons (Fsp3) is 0.636. The van der Waals surface area contributed by atoms with E-state index < -0.39 is 18.2 Å². The number of aryl methyl sites for hydroxylation is 1. The second-order valence-corrected chi connectivity index (χ2v) is 5.20. The molecule has 0 bridgehead atoms. The van der Waals surface area contributed by atoms with Crippen LogP contribution in [0.15, 0.2) is 5.38 Å². The smallest absolute Gasteiger partial charge is 0.432 e. The molecule has 0 unspecified atom stereocenters. The Bertz CT molecular complexity index is 440. The molecule has 1 heterocycles. The first-order chi connectivity index (χ1) is 8.38. The Hall–Kier alpha value is -1.11. The third-order valence-electron chi connectivity index (χ3n) is 2.83. The van der Waals surface area contributed by atoms with Crippen molar-refractivity contribution >= 4 is 17.3 Å². The molecule has 1 aromatic rings. The van der Waals surface area contributed by atoms with Crippen LogP contribution >= 0.6 is 11.3 Å². The quantitative estimate of drug-likeness (QED) is 0.796. The molecule has 0 spiro atoms. The highest BCUT2D eigenvalue weighted by Crippen LogP contribution is 2.39. The monoisotopic (exact) mass is 279 g/mol. The fourth-order valence-corrected chi connectivity index (χ4v) is 2.45. The van der Waals surface area contributed by atoms with Crippen molar-refractivity contribution in [1.29, 1.82) is 0 Å². The lowest BCUT2D eigenvalue weighted by Crippen LogP contribution is -2.31.